The third-order valence-electron chi connectivity index (χ3n) is 5.45. The van der Waals surface area contributed by atoms with E-state index in [1.165, 1.54) is 6.07 Å². The van der Waals surface area contributed by atoms with Crippen LogP contribution in [0.5, 0.6) is 5.75 Å². The molecule has 202 valence electrons. The standard InChI is InChI=1S/C23H15ClF6N2O5S/c24-16-10-19-18(9-15(16)17-5-2-6-20(31-17)23(28,29)30)32(11-13(37-19)8-21(33)34)38(35,36)14-4-1-3-12(7-14)22(25,26)27/h1-7,9-10,13H,8,11H2,(H,33,34). The molecule has 2 heterocycles. The number of rotatable bonds is 5. The number of nitrogens with zero attached hydrogens (tertiary/aromatic N) is 2. The number of anilines is 1. The van der Waals surface area contributed by atoms with Gasteiger partial charge in [0.15, 0.2) is 0 Å². The third-order valence-corrected chi connectivity index (χ3v) is 7.54. The number of hydrogen-bond acceptors (Lipinski definition) is 5. The number of fused-ring (bicyclic) bond motifs is 1. The van der Waals surface area contributed by atoms with Crippen molar-refractivity contribution in [1.82, 2.24) is 4.98 Å². The zero-order chi connectivity index (χ0) is 28.0. The zero-order valence-corrected chi connectivity index (χ0v) is 20.3. The Morgan fingerprint density at radius 2 is 1.74 bits per heavy atom. The van der Waals surface area contributed by atoms with Gasteiger partial charge in [-0.1, -0.05) is 23.7 Å². The highest BCUT2D eigenvalue weighted by molar-refractivity contribution is 7.92. The summed E-state index contributed by atoms with van der Waals surface area (Å²) in [5, 5.41) is 8.99. The second-order valence-electron chi connectivity index (χ2n) is 8.11. The lowest BCUT2D eigenvalue weighted by Gasteiger charge is -2.35. The summed E-state index contributed by atoms with van der Waals surface area (Å²) in [4.78, 5) is 14.1. The minimum atomic E-state index is -4.85. The lowest BCUT2D eigenvalue weighted by Crippen LogP contribution is -2.44. The summed E-state index contributed by atoms with van der Waals surface area (Å²) in [7, 11) is -4.75. The van der Waals surface area contributed by atoms with E-state index in [9.17, 15) is 44.7 Å². The minimum Gasteiger partial charge on any atom is -0.486 e. The molecular weight excluding hydrogens is 566 g/mol. The summed E-state index contributed by atoms with van der Waals surface area (Å²) >= 11 is 6.26. The number of aromatic nitrogens is 1. The van der Waals surface area contributed by atoms with Crippen molar-refractivity contribution in [3.05, 3.63) is 70.9 Å². The van der Waals surface area contributed by atoms with Crippen LogP contribution in [0.2, 0.25) is 5.02 Å². The van der Waals surface area contributed by atoms with Crippen molar-refractivity contribution in [2.45, 2.75) is 29.8 Å². The fourth-order valence-electron chi connectivity index (χ4n) is 3.76. The summed E-state index contributed by atoms with van der Waals surface area (Å²) in [6.45, 7) is -0.616. The highest BCUT2D eigenvalue weighted by Crippen LogP contribution is 2.44. The number of carboxylic acid groups (broad SMARTS) is 1. The Labute approximate surface area is 216 Å². The van der Waals surface area contributed by atoms with Gasteiger partial charge in [-0.25, -0.2) is 13.4 Å². The molecule has 4 rings (SSSR count). The van der Waals surface area contributed by atoms with Crippen molar-refractivity contribution in [3.63, 3.8) is 0 Å². The van der Waals surface area contributed by atoms with Crippen LogP contribution in [0.25, 0.3) is 11.3 Å². The number of halogens is 7. The van der Waals surface area contributed by atoms with E-state index >= 15 is 0 Å². The monoisotopic (exact) mass is 580 g/mol. The van der Waals surface area contributed by atoms with E-state index in [2.05, 4.69) is 4.98 Å². The zero-order valence-electron chi connectivity index (χ0n) is 18.7. The molecule has 0 aliphatic carbocycles. The van der Waals surface area contributed by atoms with Gasteiger partial charge in [0.1, 0.15) is 17.5 Å². The van der Waals surface area contributed by atoms with Gasteiger partial charge in [0.05, 0.1) is 39.8 Å². The van der Waals surface area contributed by atoms with E-state index in [4.69, 9.17) is 16.3 Å². The molecule has 1 aliphatic heterocycles. The van der Waals surface area contributed by atoms with Crippen molar-refractivity contribution in [1.29, 1.82) is 0 Å². The first kappa shape index (κ1) is 27.5. The van der Waals surface area contributed by atoms with Crippen molar-refractivity contribution in [3.8, 4) is 17.0 Å². The molecule has 1 aliphatic rings. The Morgan fingerprint density at radius 3 is 2.37 bits per heavy atom. The topological polar surface area (TPSA) is 96.8 Å². The number of ether oxygens (including phenoxy) is 1. The van der Waals surface area contributed by atoms with Crippen LogP contribution in [-0.4, -0.2) is 37.1 Å². The number of hydrogen-bond donors (Lipinski definition) is 1. The highest BCUT2D eigenvalue weighted by atomic mass is 35.5. The molecule has 0 spiro atoms. The molecule has 3 aromatic rings. The van der Waals surface area contributed by atoms with E-state index in [1.54, 1.807) is 0 Å². The third kappa shape index (κ3) is 5.50. The molecule has 7 nitrogen and oxygen atoms in total. The predicted molar refractivity (Wildman–Crippen MR) is 122 cm³/mol. The number of carboxylic acids is 1. The molecule has 38 heavy (non-hydrogen) atoms. The Hall–Kier alpha value is -3.52. The van der Waals surface area contributed by atoms with E-state index in [0.717, 1.165) is 36.4 Å². The average Bonchev–Trinajstić information content (AvgIpc) is 2.82. The normalized spacial score (nSPS) is 16.1. The summed E-state index contributed by atoms with van der Waals surface area (Å²) in [6, 6.07) is 8.06. The summed E-state index contributed by atoms with van der Waals surface area (Å²) in [5.41, 5.74) is -3.14. The lowest BCUT2D eigenvalue weighted by atomic mass is 10.1. The Morgan fingerprint density at radius 1 is 1.05 bits per heavy atom. The number of alkyl halides is 6. The molecular formula is C23H15ClF6N2O5S. The number of aliphatic carboxylic acids is 1. The first-order chi connectivity index (χ1) is 17.6. The van der Waals surface area contributed by atoms with Crippen LogP contribution < -0.4 is 9.04 Å². The molecule has 0 saturated carbocycles. The van der Waals surface area contributed by atoms with Crippen molar-refractivity contribution in [2.75, 3.05) is 10.8 Å². The average molecular weight is 581 g/mol. The molecule has 1 aromatic heterocycles. The quantitative estimate of drug-likeness (QED) is 0.379. The second-order valence-corrected chi connectivity index (χ2v) is 10.4. The smallest absolute Gasteiger partial charge is 0.433 e. The summed E-state index contributed by atoms with van der Waals surface area (Å²) in [6.07, 6.45) is -11.6. The van der Waals surface area contributed by atoms with Gasteiger partial charge in [0.25, 0.3) is 10.0 Å². The fraction of sp³-hybridized carbons (Fsp3) is 0.217. The fourth-order valence-corrected chi connectivity index (χ4v) is 5.56. The van der Waals surface area contributed by atoms with Crippen LogP contribution in [0.15, 0.2) is 59.5 Å². The molecule has 15 heteroatoms. The first-order valence-electron chi connectivity index (χ1n) is 10.5. The van der Waals surface area contributed by atoms with E-state index in [0.29, 0.717) is 16.4 Å². The lowest BCUT2D eigenvalue weighted by molar-refractivity contribution is -0.141. The summed E-state index contributed by atoms with van der Waals surface area (Å²) in [5.74, 6) is -1.58. The summed E-state index contributed by atoms with van der Waals surface area (Å²) < 4.78 is 113. The Kier molecular flexibility index (Phi) is 6.99. The predicted octanol–water partition coefficient (Wildman–Crippen LogP) is 5.87. The van der Waals surface area contributed by atoms with Gasteiger partial charge in [-0.05, 0) is 36.4 Å². The van der Waals surface area contributed by atoms with Crippen molar-refractivity contribution >= 4 is 33.3 Å². The maximum absolute atomic E-state index is 13.5. The molecule has 1 unspecified atom stereocenters. The van der Waals surface area contributed by atoms with Gasteiger partial charge in [-0.3, -0.25) is 9.10 Å². The molecule has 0 saturated heterocycles. The van der Waals surface area contributed by atoms with E-state index < -0.39 is 63.6 Å². The first-order valence-corrected chi connectivity index (χ1v) is 12.4. The van der Waals surface area contributed by atoms with Crippen LogP contribution in [0.3, 0.4) is 0 Å². The van der Waals surface area contributed by atoms with Crippen LogP contribution in [0, 0.1) is 0 Å². The number of pyridine rings is 1. The van der Waals surface area contributed by atoms with Crippen molar-refractivity contribution < 1.29 is 49.4 Å². The van der Waals surface area contributed by atoms with Gasteiger partial charge in [-0.15, -0.1) is 0 Å². The molecule has 0 bridgehead atoms. The van der Waals surface area contributed by atoms with Crippen molar-refractivity contribution in [2.24, 2.45) is 0 Å². The minimum absolute atomic E-state index is 0.124. The molecule has 0 fully saturated rings. The molecule has 1 N–H and O–H groups in total. The number of benzene rings is 2. The van der Waals surface area contributed by atoms with Crippen LogP contribution >= 0.6 is 11.6 Å². The van der Waals surface area contributed by atoms with Crippen LogP contribution in [0.1, 0.15) is 17.7 Å². The van der Waals surface area contributed by atoms with E-state index in [-0.39, 0.29) is 27.7 Å². The maximum atomic E-state index is 13.5. The van der Waals surface area contributed by atoms with Gasteiger partial charge < -0.3 is 9.84 Å². The molecule has 1 atom stereocenters. The van der Waals surface area contributed by atoms with E-state index in [1.807, 2.05) is 0 Å². The van der Waals surface area contributed by atoms with Crippen LogP contribution in [-0.2, 0) is 27.2 Å². The molecule has 0 amide bonds. The van der Waals surface area contributed by atoms with Gasteiger partial charge in [0, 0.05) is 11.6 Å². The Bertz CT molecular complexity index is 1510. The van der Waals surface area contributed by atoms with Gasteiger partial charge in [0.2, 0.25) is 0 Å². The molecule has 0 radical (unpaired) electrons. The van der Waals surface area contributed by atoms with Crippen LogP contribution in [0.4, 0.5) is 32.0 Å². The number of carbonyl (C=O) groups is 1. The SMILES string of the molecule is O=C(O)CC1CN(S(=O)(=O)c2cccc(C(F)(F)F)c2)c2cc(-c3cccc(C(F)(F)F)n3)c(Cl)cc2O1. The van der Waals surface area contributed by atoms with Gasteiger partial charge in [-0.2, -0.15) is 26.3 Å². The maximum Gasteiger partial charge on any atom is 0.433 e. The second kappa shape index (κ2) is 9.66. The Balaban J connectivity index is 1.88. The molecule has 2 aromatic carbocycles. The van der Waals surface area contributed by atoms with Gasteiger partial charge >= 0.3 is 18.3 Å². The largest absolute Gasteiger partial charge is 0.486 e. The highest BCUT2D eigenvalue weighted by Gasteiger charge is 2.38. The number of sulfonamides is 1.